The van der Waals surface area contributed by atoms with Crippen LogP contribution in [-0.4, -0.2) is 72.0 Å². The van der Waals surface area contributed by atoms with Crippen LogP contribution in [0.25, 0.3) is 0 Å². The highest BCUT2D eigenvalue weighted by molar-refractivity contribution is 7.91. The Balaban J connectivity index is 2.37. The number of carbonyl (C=O) groups is 2. The van der Waals surface area contributed by atoms with Gasteiger partial charge in [0.25, 0.3) is 5.91 Å². The van der Waals surface area contributed by atoms with E-state index >= 15 is 0 Å². The fourth-order valence-electron chi connectivity index (χ4n) is 3.33. The molecule has 11 nitrogen and oxygen atoms in total. The maximum absolute atomic E-state index is 13.3. The first-order valence-corrected chi connectivity index (χ1v) is 13.0. The van der Waals surface area contributed by atoms with E-state index in [1.807, 2.05) is 14.7 Å². The SMILES string of the molecule is O=C(NCCCC[C@H](NO)C(=O)P)c1cc(B(O)O)cc(S(=O)(=O)c2cc(B(O)O)cc(C(F)(F)F)c2)c1. The molecule has 0 saturated heterocycles. The molecule has 0 saturated carbocycles. The lowest BCUT2D eigenvalue weighted by atomic mass is 9.79. The fraction of sp³-hybridized carbons (Fsp3) is 0.300. The Morgan fingerprint density at radius 2 is 1.47 bits per heavy atom. The van der Waals surface area contributed by atoms with E-state index in [2.05, 4.69) is 5.32 Å². The Labute approximate surface area is 218 Å². The van der Waals surface area contributed by atoms with Crippen molar-refractivity contribution in [3.05, 3.63) is 47.5 Å². The first-order valence-electron chi connectivity index (χ1n) is 10.9. The highest BCUT2D eigenvalue weighted by Crippen LogP contribution is 2.31. The van der Waals surface area contributed by atoms with Crippen LogP contribution in [0.4, 0.5) is 13.2 Å². The van der Waals surface area contributed by atoms with E-state index in [1.165, 1.54) is 0 Å². The molecule has 0 aliphatic rings. The second-order valence-corrected chi connectivity index (χ2v) is 10.7. The third-order valence-electron chi connectivity index (χ3n) is 5.37. The minimum atomic E-state index is -5.03. The number of alkyl halides is 3. The number of halogens is 3. The summed E-state index contributed by atoms with van der Waals surface area (Å²) in [5, 5.41) is 49.2. The van der Waals surface area contributed by atoms with Gasteiger partial charge in [-0.05, 0) is 60.5 Å². The van der Waals surface area contributed by atoms with Gasteiger partial charge in [-0.15, -0.1) is 0 Å². The van der Waals surface area contributed by atoms with Crippen molar-refractivity contribution >= 4 is 55.7 Å². The minimum Gasteiger partial charge on any atom is -0.423 e. The van der Waals surface area contributed by atoms with Crippen LogP contribution in [0.3, 0.4) is 0 Å². The Kier molecular flexibility index (Phi) is 11.0. The summed E-state index contributed by atoms with van der Waals surface area (Å²) < 4.78 is 66.3. The van der Waals surface area contributed by atoms with Gasteiger partial charge in [0.05, 0.1) is 21.4 Å². The molecule has 18 heteroatoms. The van der Waals surface area contributed by atoms with Crippen molar-refractivity contribution in [3.63, 3.8) is 0 Å². The first-order chi connectivity index (χ1) is 17.6. The number of carbonyl (C=O) groups excluding carboxylic acids is 2. The molecule has 0 aliphatic carbocycles. The van der Waals surface area contributed by atoms with Gasteiger partial charge in [-0.25, -0.2) is 8.42 Å². The number of rotatable bonds is 12. The van der Waals surface area contributed by atoms with Crippen LogP contribution in [0.15, 0.2) is 46.2 Å². The molecule has 206 valence electrons. The lowest BCUT2D eigenvalue weighted by molar-refractivity contribution is -0.137. The molecule has 2 atom stereocenters. The Morgan fingerprint density at radius 3 is 1.97 bits per heavy atom. The second-order valence-electron chi connectivity index (χ2n) is 8.17. The molecule has 0 aromatic heterocycles. The normalized spacial score (nSPS) is 12.7. The summed E-state index contributed by atoms with van der Waals surface area (Å²) in [7, 11) is -7.57. The lowest BCUT2D eigenvalue weighted by Gasteiger charge is -2.14. The summed E-state index contributed by atoms with van der Waals surface area (Å²) in [6.45, 7) is 0.0569. The van der Waals surface area contributed by atoms with Gasteiger partial charge in [0.15, 0.2) is 5.52 Å². The third kappa shape index (κ3) is 8.32. The summed E-state index contributed by atoms with van der Waals surface area (Å²) in [4.78, 5) is 22.2. The summed E-state index contributed by atoms with van der Waals surface area (Å²) in [5.41, 5.74) is -1.54. The number of nitrogens with one attached hydrogen (secondary N) is 2. The van der Waals surface area contributed by atoms with Crippen molar-refractivity contribution in [1.29, 1.82) is 0 Å². The van der Waals surface area contributed by atoms with Gasteiger partial charge >= 0.3 is 20.4 Å². The minimum absolute atomic E-state index is 0.0569. The molecule has 0 heterocycles. The summed E-state index contributed by atoms with van der Waals surface area (Å²) >= 11 is 0. The largest absolute Gasteiger partial charge is 0.488 e. The van der Waals surface area contributed by atoms with Gasteiger partial charge in [0.1, 0.15) is 0 Å². The van der Waals surface area contributed by atoms with Crippen molar-refractivity contribution < 1.29 is 56.5 Å². The molecule has 7 N–H and O–H groups in total. The van der Waals surface area contributed by atoms with Crippen molar-refractivity contribution in [1.82, 2.24) is 10.8 Å². The van der Waals surface area contributed by atoms with E-state index in [-0.39, 0.29) is 30.1 Å². The van der Waals surface area contributed by atoms with Crippen molar-refractivity contribution in [3.8, 4) is 0 Å². The molecule has 2 aromatic carbocycles. The maximum atomic E-state index is 13.3. The van der Waals surface area contributed by atoms with Crippen molar-refractivity contribution in [2.24, 2.45) is 0 Å². The molecule has 0 radical (unpaired) electrons. The zero-order valence-electron chi connectivity index (χ0n) is 19.5. The van der Waals surface area contributed by atoms with E-state index in [0.29, 0.717) is 25.0 Å². The first kappa shape index (κ1) is 31.9. The van der Waals surface area contributed by atoms with Crippen LogP contribution in [0.5, 0.6) is 0 Å². The second kappa shape index (κ2) is 13.1. The summed E-state index contributed by atoms with van der Waals surface area (Å²) in [6.07, 6.45) is -4.02. The van der Waals surface area contributed by atoms with Crippen LogP contribution in [0, 0.1) is 0 Å². The maximum Gasteiger partial charge on any atom is 0.488 e. The zero-order chi connectivity index (χ0) is 28.8. The molecule has 0 bridgehead atoms. The molecule has 2 aromatic rings. The van der Waals surface area contributed by atoms with Crippen molar-refractivity contribution in [2.75, 3.05) is 6.54 Å². The molecular weight excluding hydrogens is 554 g/mol. The monoisotopic (exact) mass is 578 g/mol. The molecule has 1 amide bonds. The number of amides is 1. The molecule has 1 unspecified atom stereocenters. The van der Waals surface area contributed by atoms with Gasteiger partial charge in [0.2, 0.25) is 9.84 Å². The van der Waals surface area contributed by atoms with E-state index in [0.717, 1.165) is 18.2 Å². The number of hydroxylamine groups is 1. The predicted molar refractivity (Wildman–Crippen MR) is 133 cm³/mol. The van der Waals surface area contributed by atoms with Crippen LogP contribution in [-0.2, 0) is 20.8 Å². The molecule has 0 aliphatic heterocycles. The lowest BCUT2D eigenvalue weighted by Crippen LogP contribution is -2.34. The van der Waals surface area contributed by atoms with E-state index in [9.17, 15) is 51.3 Å². The highest BCUT2D eigenvalue weighted by atomic mass is 32.2. The van der Waals surface area contributed by atoms with Crippen LogP contribution in [0.2, 0.25) is 0 Å². The molecule has 38 heavy (non-hydrogen) atoms. The van der Waals surface area contributed by atoms with E-state index in [1.54, 1.807) is 0 Å². The molecular formula is C20H24B2F3N2O9PS. The van der Waals surface area contributed by atoms with Gasteiger partial charge in [0, 0.05) is 12.1 Å². The van der Waals surface area contributed by atoms with Crippen molar-refractivity contribution in [2.45, 2.75) is 41.3 Å². The molecule has 0 fully saturated rings. The van der Waals surface area contributed by atoms with Gasteiger partial charge in [-0.2, -0.15) is 18.7 Å². The Morgan fingerprint density at radius 1 is 0.921 bits per heavy atom. The van der Waals surface area contributed by atoms with E-state index in [4.69, 9.17) is 5.21 Å². The highest BCUT2D eigenvalue weighted by Gasteiger charge is 2.34. The summed E-state index contributed by atoms with van der Waals surface area (Å²) in [6, 6.07) is 3.01. The number of unbranched alkanes of at least 4 members (excludes halogenated alkanes) is 1. The predicted octanol–water partition coefficient (Wildman–Crippen LogP) is -1.45. The topological polar surface area (TPSA) is 193 Å². The third-order valence-corrected chi connectivity index (χ3v) is 7.48. The number of hydrogen-bond donors (Lipinski definition) is 7. The Bertz CT molecular complexity index is 1280. The van der Waals surface area contributed by atoms with Crippen LogP contribution in [0.1, 0.15) is 35.2 Å². The smallest absolute Gasteiger partial charge is 0.423 e. The molecule has 0 spiro atoms. The quantitative estimate of drug-likeness (QED) is 0.0679. The van der Waals surface area contributed by atoms with Crippen LogP contribution >= 0.6 is 9.24 Å². The summed E-state index contributed by atoms with van der Waals surface area (Å²) in [5.74, 6) is -0.835. The van der Waals surface area contributed by atoms with Gasteiger partial charge in [-0.3, -0.25) is 9.59 Å². The molecule has 2 rings (SSSR count). The average molecular weight is 578 g/mol. The van der Waals surface area contributed by atoms with Crippen LogP contribution < -0.4 is 21.7 Å². The fourth-order valence-corrected chi connectivity index (χ4v) is 4.99. The zero-order valence-corrected chi connectivity index (χ0v) is 21.5. The number of hydrogen-bond acceptors (Lipinski definition) is 10. The van der Waals surface area contributed by atoms with E-state index < -0.39 is 68.5 Å². The standard InChI is InChI=1S/C20H24B2F3N2O9PS/c23-20(24,25)12-7-14(22(32)33)10-16(8-12)38(35,36)15-6-11(5-13(9-15)21(30)31)18(28)26-4-2-1-3-17(27-34)19(29)37/h5-10,17,27,30-34H,1-4,37H2,(H,26,28)/t17-/m0/s1. The number of benzene rings is 2. The van der Waals surface area contributed by atoms with Gasteiger partial charge < -0.3 is 30.6 Å². The average Bonchev–Trinajstić information content (AvgIpc) is 2.84. The Hall–Kier alpha value is -2.36. The number of sulfone groups is 1. The van der Waals surface area contributed by atoms with Gasteiger partial charge in [-0.1, -0.05) is 15.3 Å².